The van der Waals surface area contributed by atoms with Crippen LogP contribution in [0.15, 0.2) is 53.0 Å². The summed E-state index contributed by atoms with van der Waals surface area (Å²) < 4.78 is 13.8. The highest BCUT2D eigenvalue weighted by atomic mass is 79.9. The molecule has 1 aliphatic rings. The second-order valence-electron chi connectivity index (χ2n) is 4.92. The molecule has 22 heavy (non-hydrogen) atoms. The minimum absolute atomic E-state index is 0.0670. The lowest BCUT2D eigenvalue weighted by molar-refractivity contribution is -0.121. The third-order valence-electron chi connectivity index (χ3n) is 3.44. The summed E-state index contributed by atoms with van der Waals surface area (Å²) >= 11 is 3.39. The summed E-state index contributed by atoms with van der Waals surface area (Å²) in [6.45, 7) is 0. The van der Waals surface area contributed by atoms with Crippen LogP contribution in [0.4, 0.5) is 15.8 Å². The van der Waals surface area contributed by atoms with Crippen LogP contribution in [0.25, 0.3) is 0 Å². The van der Waals surface area contributed by atoms with Crippen LogP contribution < -0.4 is 10.2 Å². The van der Waals surface area contributed by atoms with Crippen molar-refractivity contribution in [2.45, 2.75) is 12.5 Å². The Morgan fingerprint density at radius 2 is 1.77 bits per heavy atom. The summed E-state index contributed by atoms with van der Waals surface area (Å²) in [5.41, 5.74) is 1.13. The van der Waals surface area contributed by atoms with Gasteiger partial charge in [-0.15, -0.1) is 0 Å². The first kappa shape index (κ1) is 14.7. The Morgan fingerprint density at radius 3 is 2.45 bits per heavy atom. The molecule has 1 unspecified atom stereocenters. The van der Waals surface area contributed by atoms with E-state index in [0.717, 1.165) is 15.1 Å². The standard InChI is InChI=1S/C16H12BrFN2O2/c17-12-3-1-2-4-13(12)19-14-9-15(21)20(16(14)22)11-7-5-10(18)6-8-11/h1-8,14,19H,9H2. The van der Waals surface area contributed by atoms with Gasteiger partial charge in [0.25, 0.3) is 5.91 Å². The summed E-state index contributed by atoms with van der Waals surface area (Å²) in [7, 11) is 0. The van der Waals surface area contributed by atoms with Crippen molar-refractivity contribution in [3.63, 3.8) is 0 Å². The zero-order valence-electron chi connectivity index (χ0n) is 11.4. The Kier molecular flexibility index (Phi) is 3.94. The molecule has 2 amide bonds. The highest BCUT2D eigenvalue weighted by Crippen LogP contribution is 2.28. The van der Waals surface area contributed by atoms with E-state index in [-0.39, 0.29) is 18.2 Å². The van der Waals surface area contributed by atoms with Crippen LogP contribution in [-0.2, 0) is 9.59 Å². The van der Waals surface area contributed by atoms with Gasteiger partial charge in [-0.3, -0.25) is 9.59 Å². The first-order chi connectivity index (χ1) is 10.6. The fourth-order valence-electron chi connectivity index (χ4n) is 2.37. The van der Waals surface area contributed by atoms with Crippen molar-refractivity contribution in [1.82, 2.24) is 0 Å². The molecular formula is C16H12BrFN2O2. The van der Waals surface area contributed by atoms with Crippen molar-refractivity contribution in [3.05, 3.63) is 58.8 Å². The molecule has 3 rings (SSSR count). The minimum atomic E-state index is -0.628. The molecular weight excluding hydrogens is 351 g/mol. The summed E-state index contributed by atoms with van der Waals surface area (Å²) in [5.74, 6) is -1.06. The van der Waals surface area contributed by atoms with Gasteiger partial charge < -0.3 is 5.32 Å². The number of nitrogens with one attached hydrogen (secondary N) is 1. The number of benzene rings is 2. The van der Waals surface area contributed by atoms with E-state index in [0.29, 0.717) is 5.69 Å². The quantitative estimate of drug-likeness (QED) is 0.852. The zero-order valence-corrected chi connectivity index (χ0v) is 13.0. The van der Waals surface area contributed by atoms with Crippen molar-refractivity contribution in [1.29, 1.82) is 0 Å². The summed E-state index contributed by atoms with van der Waals surface area (Å²) in [6.07, 6.45) is 0.0670. The van der Waals surface area contributed by atoms with Crippen molar-refractivity contribution in [2.75, 3.05) is 10.2 Å². The Bertz CT molecular complexity index is 733. The monoisotopic (exact) mass is 362 g/mol. The summed E-state index contributed by atoms with van der Waals surface area (Å²) in [6, 6.07) is 12.0. The molecule has 2 aromatic rings. The molecule has 112 valence electrons. The molecule has 4 nitrogen and oxygen atoms in total. The number of hydrogen-bond donors (Lipinski definition) is 1. The lowest BCUT2D eigenvalue weighted by Gasteiger charge is -2.16. The molecule has 6 heteroatoms. The number of hydrogen-bond acceptors (Lipinski definition) is 3. The van der Waals surface area contributed by atoms with Gasteiger partial charge in [-0.2, -0.15) is 0 Å². The lowest BCUT2D eigenvalue weighted by atomic mass is 10.2. The molecule has 0 bridgehead atoms. The van der Waals surface area contributed by atoms with Gasteiger partial charge in [0, 0.05) is 10.2 Å². The van der Waals surface area contributed by atoms with E-state index in [1.54, 1.807) is 0 Å². The van der Waals surface area contributed by atoms with Crippen LogP contribution in [0.3, 0.4) is 0 Å². The van der Waals surface area contributed by atoms with Crippen LogP contribution in [0.5, 0.6) is 0 Å². The number of para-hydroxylation sites is 1. The second kappa shape index (κ2) is 5.88. The number of halogens is 2. The van der Waals surface area contributed by atoms with Crippen molar-refractivity contribution in [2.24, 2.45) is 0 Å². The number of imide groups is 1. The van der Waals surface area contributed by atoms with E-state index in [4.69, 9.17) is 0 Å². The van der Waals surface area contributed by atoms with Crippen LogP contribution in [-0.4, -0.2) is 17.9 Å². The number of amides is 2. The first-order valence-electron chi connectivity index (χ1n) is 6.69. The average molecular weight is 363 g/mol. The average Bonchev–Trinajstić information content (AvgIpc) is 2.77. The largest absolute Gasteiger partial charge is 0.372 e. The number of carbonyl (C=O) groups excluding carboxylic acids is 2. The normalized spacial score (nSPS) is 17.9. The Hall–Kier alpha value is -2.21. The van der Waals surface area contributed by atoms with E-state index in [9.17, 15) is 14.0 Å². The minimum Gasteiger partial charge on any atom is -0.372 e. The number of nitrogens with zero attached hydrogens (tertiary/aromatic N) is 1. The maximum absolute atomic E-state index is 13.0. The van der Waals surface area contributed by atoms with Gasteiger partial charge in [0.05, 0.1) is 12.1 Å². The molecule has 1 saturated heterocycles. The molecule has 0 radical (unpaired) electrons. The fourth-order valence-corrected chi connectivity index (χ4v) is 2.77. The number of carbonyl (C=O) groups is 2. The molecule has 1 atom stereocenters. The van der Waals surface area contributed by atoms with Crippen molar-refractivity contribution >= 4 is 39.1 Å². The van der Waals surface area contributed by atoms with Gasteiger partial charge in [0.2, 0.25) is 5.91 Å². The van der Waals surface area contributed by atoms with E-state index in [1.165, 1.54) is 24.3 Å². The third-order valence-corrected chi connectivity index (χ3v) is 4.13. The van der Waals surface area contributed by atoms with E-state index >= 15 is 0 Å². The zero-order chi connectivity index (χ0) is 15.7. The molecule has 0 aromatic heterocycles. The molecule has 1 aliphatic heterocycles. The molecule has 0 aliphatic carbocycles. The van der Waals surface area contributed by atoms with Crippen LogP contribution in [0, 0.1) is 5.82 Å². The van der Waals surface area contributed by atoms with Crippen molar-refractivity contribution in [3.8, 4) is 0 Å². The van der Waals surface area contributed by atoms with E-state index < -0.39 is 11.9 Å². The van der Waals surface area contributed by atoms with E-state index in [2.05, 4.69) is 21.2 Å². The maximum Gasteiger partial charge on any atom is 0.256 e. The highest BCUT2D eigenvalue weighted by molar-refractivity contribution is 9.10. The van der Waals surface area contributed by atoms with Crippen LogP contribution in [0.2, 0.25) is 0 Å². The highest BCUT2D eigenvalue weighted by Gasteiger charge is 2.39. The van der Waals surface area contributed by atoms with Crippen LogP contribution in [0.1, 0.15) is 6.42 Å². The SMILES string of the molecule is O=C1CC(Nc2ccccc2Br)C(=O)N1c1ccc(F)cc1. The van der Waals surface area contributed by atoms with Gasteiger partial charge >= 0.3 is 0 Å². The topological polar surface area (TPSA) is 49.4 Å². The van der Waals surface area contributed by atoms with Crippen LogP contribution >= 0.6 is 15.9 Å². The first-order valence-corrected chi connectivity index (χ1v) is 7.49. The number of rotatable bonds is 3. The summed E-state index contributed by atoms with van der Waals surface area (Å²) in [4.78, 5) is 25.7. The lowest BCUT2D eigenvalue weighted by Crippen LogP contribution is -2.34. The third kappa shape index (κ3) is 2.74. The van der Waals surface area contributed by atoms with Crippen molar-refractivity contribution < 1.29 is 14.0 Å². The maximum atomic E-state index is 13.0. The molecule has 0 saturated carbocycles. The molecule has 1 N–H and O–H groups in total. The Labute approximate surface area is 135 Å². The predicted molar refractivity (Wildman–Crippen MR) is 85.1 cm³/mol. The van der Waals surface area contributed by atoms with Gasteiger partial charge in [0.15, 0.2) is 0 Å². The molecule has 0 spiro atoms. The van der Waals surface area contributed by atoms with E-state index in [1.807, 2.05) is 24.3 Å². The molecule has 1 fully saturated rings. The Balaban J connectivity index is 1.82. The van der Waals surface area contributed by atoms with Gasteiger partial charge in [-0.25, -0.2) is 9.29 Å². The predicted octanol–water partition coefficient (Wildman–Crippen LogP) is 3.33. The fraction of sp³-hybridized carbons (Fsp3) is 0.125. The van der Waals surface area contributed by atoms with Gasteiger partial charge in [-0.1, -0.05) is 12.1 Å². The Morgan fingerprint density at radius 1 is 1.09 bits per heavy atom. The number of anilines is 2. The molecule has 1 heterocycles. The summed E-state index contributed by atoms with van der Waals surface area (Å²) in [5, 5.41) is 3.07. The van der Waals surface area contributed by atoms with Gasteiger partial charge in [0.1, 0.15) is 11.9 Å². The van der Waals surface area contributed by atoms with Gasteiger partial charge in [-0.05, 0) is 52.3 Å². The smallest absolute Gasteiger partial charge is 0.256 e. The second-order valence-corrected chi connectivity index (χ2v) is 5.78. The molecule has 2 aromatic carbocycles.